The number of hydrogen-bond donors (Lipinski definition) is 1. The van der Waals surface area contributed by atoms with Crippen LogP contribution >= 0.6 is 11.8 Å². The molecule has 1 N–H and O–H groups in total. The van der Waals surface area contributed by atoms with Crippen molar-refractivity contribution < 1.29 is 9.59 Å². The van der Waals surface area contributed by atoms with Crippen LogP contribution in [0.15, 0.2) is 12.1 Å². The van der Waals surface area contributed by atoms with Crippen molar-refractivity contribution in [2.75, 3.05) is 19.1 Å². The van der Waals surface area contributed by atoms with Crippen molar-refractivity contribution in [3.8, 4) is 0 Å². The van der Waals surface area contributed by atoms with Gasteiger partial charge in [-0.25, -0.2) is 0 Å². The summed E-state index contributed by atoms with van der Waals surface area (Å²) in [5.74, 6) is 0.564. The minimum absolute atomic E-state index is 0.0785. The molecule has 0 aliphatic rings. The predicted octanol–water partition coefficient (Wildman–Crippen LogP) is 1.91. The van der Waals surface area contributed by atoms with Gasteiger partial charge in [-0.15, -0.1) is 0 Å². The minimum atomic E-state index is -0.471. The standard InChI is InChI=1S/C16H25N3O2S/c1-11-8-12(2)17-14(9-11)10-19(4)16(21)15(6-7-22-5)18-13(3)20/h8-9,15H,6-7,10H2,1-5H3,(H,18,20)/t15-/m0/s1. The normalized spacial score (nSPS) is 11.9. The molecule has 122 valence electrons. The topological polar surface area (TPSA) is 62.3 Å². The summed E-state index contributed by atoms with van der Waals surface area (Å²) in [6.45, 7) is 5.83. The molecule has 0 aliphatic carbocycles. The van der Waals surface area contributed by atoms with E-state index in [9.17, 15) is 9.59 Å². The number of hydrogen-bond acceptors (Lipinski definition) is 4. The first-order valence-corrected chi connectivity index (χ1v) is 8.68. The van der Waals surface area contributed by atoms with Crippen LogP contribution in [0.4, 0.5) is 0 Å². The van der Waals surface area contributed by atoms with E-state index in [1.807, 2.05) is 32.2 Å². The van der Waals surface area contributed by atoms with Crippen LogP contribution in [-0.4, -0.2) is 46.8 Å². The number of nitrogens with zero attached hydrogens (tertiary/aromatic N) is 2. The van der Waals surface area contributed by atoms with Gasteiger partial charge in [-0.1, -0.05) is 0 Å². The molecule has 1 rings (SSSR count). The highest BCUT2D eigenvalue weighted by molar-refractivity contribution is 7.98. The van der Waals surface area contributed by atoms with Crippen LogP contribution < -0.4 is 5.32 Å². The number of nitrogens with one attached hydrogen (secondary N) is 1. The van der Waals surface area contributed by atoms with Crippen LogP contribution in [-0.2, 0) is 16.1 Å². The zero-order chi connectivity index (χ0) is 16.7. The summed E-state index contributed by atoms with van der Waals surface area (Å²) in [4.78, 5) is 29.9. The van der Waals surface area contributed by atoms with E-state index in [2.05, 4.69) is 10.3 Å². The van der Waals surface area contributed by atoms with E-state index in [1.165, 1.54) is 6.92 Å². The minimum Gasteiger partial charge on any atom is -0.345 e. The summed E-state index contributed by atoms with van der Waals surface area (Å²) >= 11 is 1.66. The zero-order valence-corrected chi connectivity index (χ0v) is 14.8. The number of rotatable bonds is 7. The third-order valence-corrected chi connectivity index (χ3v) is 3.86. The van der Waals surface area contributed by atoms with E-state index in [-0.39, 0.29) is 11.8 Å². The fourth-order valence-corrected chi connectivity index (χ4v) is 2.80. The molecule has 2 amide bonds. The molecule has 0 spiro atoms. The van der Waals surface area contributed by atoms with E-state index in [1.54, 1.807) is 23.7 Å². The lowest BCUT2D eigenvalue weighted by Crippen LogP contribution is -2.46. The molecule has 0 radical (unpaired) electrons. The van der Waals surface area contributed by atoms with Crippen LogP contribution in [0.2, 0.25) is 0 Å². The molecular weight excluding hydrogens is 298 g/mol. The second kappa shape index (κ2) is 8.78. The molecule has 0 fully saturated rings. The number of thioether (sulfide) groups is 1. The van der Waals surface area contributed by atoms with E-state index in [4.69, 9.17) is 0 Å². The fraction of sp³-hybridized carbons (Fsp3) is 0.562. The van der Waals surface area contributed by atoms with Crippen LogP contribution in [0.3, 0.4) is 0 Å². The number of aromatic nitrogens is 1. The molecule has 1 heterocycles. The van der Waals surface area contributed by atoms with Crippen molar-refractivity contribution in [2.24, 2.45) is 0 Å². The Hall–Kier alpha value is -1.56. The maximum absolute atomic E-state index is 12.5. The Kier molecular flexibility index (Phi) is 7.38. The quantitative estimate of drug-likeness (QED) is 0.833. The lowest BCUT2D eigenvalue weighted by molar-refractivity contribution is -0.135. The van der Waals surface area contributed by atoms with Crippen molar-refractivity contribution in [3.63, 3.8) is 0 Å². The van der Waals surface area contributed by atoms with Gasteiger partial charge in [0.25, 0.3) is 0 Å². The van der Waals surface area contributed by atoms with Crippen LogP contribution in [0.1, 0.15) is 30.3 Å². The van der Waals surface area contributed by atoms with Gasteiger partial charge in [0, 0.05) is 19.7 Å². The Labute approximate surface area is 136 Å². The van der Waals surface area contributed by atoms with E-state index in [0.717, 1.165) is 22.7 Å². The zero-order valence-electron chi connectivity index (χ0n) is 14.0. The Morgan fingerprint density at radius 2 is 2.05 bits per heavy atom. The van der Waals surface area contributed by atoms with Gasteiger partial charge < -0.3 is 10.2 Å². The lowest BCUT2D eigenvalue weighted by Gasteiger charge is -2.24. The summed E-state index contributed by atoms with van der Waals surface area (Å²) in [5, 5.41) is 2.74. The predicted molar refractivity (Wildman–Crippen MR) is 90.8 cm³/mol. The van der Waals surface area contributed by atoms with Crippen molar-refractivity contribution in [1.29, 1.82) is 0 Å². The van der Waals surface area contributed by atoms with Crippen molar-refractivity contribution in [3.05, 3.63) is 29.1 Å². The molecule has 0 saturated heterocycles. The molecule has 0 unspecified atom stereocenters. The summed E-state index contributed by atoms with van der Waals surface area (Å²) in [6, 6.07) is 3.51. The number of carbonyl (C=O) groups is 2. The first kappa shape index (κ1) is 18.5. The third kappa shape index (κ3) is 6.05. The smallest absolute Gasteiger partial charge is 0.245 e. The lowest BCUT2D eigenvalue weighted by atomic mass is 10.1. The number of carbonyl (C=O) groups excluding carboxylic acids is 2. The number of aryl methyl sites for hydroxylation is 2. The summed E-state index contributed by atoms with van der Waals surface area (Å²) in [5.41, 5.74) is 2.93. The highest BCUT2D eigenvalue weighted by Gasteiger charge is 2.22. The van der Waals surface area contributed by atoms with E-state index >= 15 is 0 Å². The maximum atomic E-state index is 12.5. The van der Waals surface area contributed by atoms with Gasteiger partial charge in [0.05, 0.1) is 12.2 Å². The molecule has 1 aromatic heterocycles. The van der Waals surface area contributed by atoms with Gasteiger partial charge in [0.1, 0.15) is 6.04 Å². The fourth-order valence-electron chi connectivity index (χ4n) is 2.33. The van der Waals surface area contributed by atoms with E-state index in [0.29, 0.717) is 13.0 Å². The molecule has 1 atom stereocenters. The summed E-state index contributed by atoms with van der Waals surface area (Å²) in [7, 11) is 1.75. The van der Waals surface area contributed by atoms with Gasteiger partial charge in [-0.3, -0.25) is 14.6 Å². The van der Waals surface area contributed by atoms with Crippen LogP contribution in [0.25, 0.3) is 0 Å². The Bertz CT molecular complexity index is 514. The van der Waals surface area contributed by atoms with Gasteiger partial charge in [-0.2, -0.15) is 11.8 Å². The molecule has 0 aromatic carbocycles. The summed E-state index contributed by atoms with van der Waals surface area (Å²) in [6.07, 6.45) is 2.61. The monoisotopic (exact) mass is 323 g/mol. The molecule has 22 heavy (non-hydrogen) atoms. The van der Waals surface area contributed by atoms with E-state index < -0.39 is 6.04 Å². The number of likely N-dealkylation sites (N-methyl/N-ethyl adjacent to an activating group) is 1. The Morgan fingerprint density at radius 1 is 1.36 bits per heavy atom. The SMILES string of the molecule is CSCC[C@H](NC(C)=O)C(=O)N(C)Cc1cc(C)cc(C)n1. The Balaban J connectivity index is 2.77. The van der Waals surface area contributed by atoms with Gasteiger partial charge in [-0.05, 0) is 50.0 Å². The molecule has 0 bridgehead atoms. The molecule has 6 heteroatoms. The molecular formula is C16H25N3O2S. The largest absolute Gasteiger partial charge is 0.345 e. The Morgan fingerprint density at radius 3 is 2.59 bits per heavy atom. The molecule has 5 nitrogen and oxygen atoms in total. The van der Waals surface area contributed by atoms with Crippen molar-refractivity contribution >= 4 is 23.6 Å². The number of amides is 2. The average molecular weight is 323 g/mol. The average Bonchev–Trinajstić information content (AvgIpc) is 2.41. The van der Waals surface area contributed by atoms with Gasteiger partial charge in [0.15, 0.2) is 0 Å². The highest BCUT2D eigenvalue weighted by Crippen LogP contribution is 2.09. The van der Waals surface area contributed by atoms with Crippen LogP contribution in [0, 0.1) is 13.8 Å². The van der Waals surface area contributed by atoms with Gasteiger partial charge in [0.2, 0.25) is 11.8 Å². The molecule has 1 aromatic rings. The van der Waals surface area contributed by atoms with Crippen molar-refractivity contribution in [2.45, 2.75) is 39.8 Å². The molecule has 0 aliphatic heterocycles. The number of pyridine rings is 1. The third-order valence-electron chi connectivity index (χ3n) is 3.21. The highest BCUT2D eigenvalue weighted by atomic mass is 32.2. The molecule has 0 saturated carbocycles. The second-order valence-electron chi connectivity index (χ2n) is 5.51. The summed E-state index contributed by atoms with van der Waals surface area (Å²) < 4.78 is 0. The van der Waals surface area contributed by atoms with Crippen LogP contribution in [0.5, 0.6) is 0 Å². The first-order chi connectivity index (χ1) is 10.3. The van der Waals surface area contributed by atoms with Crippen molar-refractivity contribution in [1.82, 2.24) is 15.2 Å². The second-order valence-corrected chi connectivity index (χ2v) is 6.49. The maximum Gasteiger partial charge on any atom is 0.245 e. The van der Waals surface area contributed by atoms with Gasteiger partial charge >= 0.3 is 0 Å². The first-order valence-electron chi connectivity index (χ1n) is 7.28.